The average Bonchev–Trinajstić information content (AvgIpc) is 4.04. The minimum atomic E-state index is 0.991. The molecule has 0 heterocycles. The molecule has 7 aromatic carbocycles. The van der Waals surface area contributed by atoms with Crippen LogP contribution in [0.15, 0.2) is 188 Å². The molecule has 0 saturated carbocycles. The molecule has 0 atom stereocenters. The summed E-state index contributed by atoms with van der Waals surface area (Å²) in [7, 11) is 0. The summed E-state index contributed by atoms with van der Waals surface area (Å²) in [5.74, 6) is 0. The third-order valence-electron chi connectivity index (χ3n) is 11.6. The summed E-state index contributed by atoms with van der Waals surface area (Å²) in [5, 5.41) is 0. The highest BCUT2D eigenvalue weighted by Gasteiger charge is 2.41. The number of fused-ring (bicyclic) bond motifs is 5. The topological polar surface area (TPSA) is 0 Å². The third-order valence-corrected chi connectivity index (χ3v) is 11.6. The van der Waals surface area contributed by atoms with E-state index in [-0.39, 0.29) is 0 Å². The Bertz CT molecular complexity index is 2810. The SMILES string of the molecule is C1=Cc2cc(C3=C(c4ccc5c(c4)C=CC5)C(c4ccccc4)=C4C3=C(c3ccccc3)c3cc(-c5ccccc5)c(-c5ccccc5)cc34)ccc2C1. The van der Waals surface area contributed by atoms with Gasteiger partial charge in [-0.05, 0) is 148 Å². The monoisotopic (exact) mass is 684 g/mol. The maximum Gasteiger partial charge on any atom is -0.000137 e. The Morgan fingerprint density at radius 1 is 0.259 bits per heavy atom. The van der Waals surface area contributed by atoms with Crippen molar-refractivity contribution in [2.45, 2.75) is 12.8 Å². The summed E-state index contributed by atoms with van der Waals surface area (Å²) in [5.41, 5.74) is 25.8. The maximum atomic E-state index is 2.50. The predicted octanol–water partition coefficient (Wildman–Crippen LogP) is 13.5. The van der Waals surface area contributed by atoms with E-state index in [4.69, 9.17) is 0 Å². The van der Waals surface area contributed by atoms with Crippen LogP contribution < -0.4 is 0 Å². The van der Waals surface area contributed by atoms with Crippen LogP contribution in [0.4, 0.5) is 0 Å². The molecule has 0 amide bonds. The smallest absolute Gasteiger partial charge is 0.000137 e. The fourth-order valence-corrected chi connectivity index (χ4v) is 9.19. The van der Waals surface area contributed by atoms with E-state index >= 15 is 0 Å². The minimum absolute atomic E-state index is 0.991. The van der Waals surface area contributed by atoms with Crippen molar-refractivity contribution in [2.75, 3.05) is 0 Å². The molecule has 0 aromatic heterocycles. The fourth-order valence-electron chi connectivity index (χ4n) is 9.19. The molecule has 0 bridgehead atoms. The number of hydrogen-bond donors (Lipinski definition) is 0. The van der Waals surface area contributed by atoms with E-state index < -0.39 is 0 Å². The molecule has 4 aliphatic carbocycles. The molecule has 0 saturated heterocycles. The van der Waals surface area contributed by atoms with E-state index in [1.807, 2.05) is 0 Å². The van der Waals surface area contributed by atoms with Gasteiger partial charge in [-0.25, -0.2) is 0 Å². The first-order valence-corrected chi connectivity index (χ1v) is 19.0. The Morgan fingerprint density at radius 2 is 0.648 bits per heavy atom. The summed E-state index contributed by atoms with van der Waals surface area (Å²) >= 11 is 0. The highest BCUT2D eigenvalue weighted by atomic mass is 14.4. The Morgan fingerprint density at radius 3 is 1.13 bits per heavy atom. The number of allylic oxidation sites excluding steroid dienone is 7. The van der Waals surface area contributed by atoms with Crippen molar-refractivity contribution in [3.63, 3.8) is 0 Å². The normalized spacial score (nSPS) is 14.9. The van der Waals surface area contributed by atoms with Crippen molar-refractivity contribution in [3.8, 4) is 22.3 Å². The van der Waals surface area contributed by atoms with E-state index in [2.05, 4.69) is 194 Å². The Hall–Kier alpha value is -6.76. The number of rotatable bonds is 6. The highest BCUT2D eigenvalue weighted by molar-refractivity contribution is 6.39. The van der Waals surface area contributed by atoms with Crippen molar-refractivity contribution < 1.29 is 0 Å². The summed E-state index contributed by atoms with van der Waals surface area (Å²) in [4.78, 5) is 0. The van der Waals surface area contributed by atoms with Gasteiger partial charge in [0.15, 0.2) is 0 Å². The summed E-state index contributed by atoms with van der Waals surface area (Å²) in [6.07, 6.45) is 11.2. The molecule has 0 unspecified atom stereocenters. The molecule has 7 aromatic rings. The van der Waals surface area contributed by atoms with Crippen LogP contribution in [-0.2, 0) is 12.8 Å². The molecule has 11 rings (SSSR count). The Kier molecular flexibility index (Phi) is 7.10. The molecule has 0 spiro atoms. The zero-order chi connectivity index (χ0) is 35.6. The van der Waals surface area contributed by atoms with E-state index in [0.29, 0.717) is 0 Å². The molecule has 0 nitrogen and oxygen atoms in total. The van der Waals surface area contributed by atoms with Crippen molar-refractivity contribution in [3.05, 3.63) is 243 Å². The summed E-state index contributed by atoms with van der Waals surface area (Å²) in [6, 6.07) is 63.4. The molecular weight excluding hydrogens is 649 g/mol. The van der Waals surface area contributed by atoms with E-state index in [1.165, 1.54) is 111 Å². The van der Waals surface area contributed by atoms with Crippen LogP contribution in [0.1, 0.15) is 55.6 Å². The fraction of sp³-hybridized carbons (Fsp3) is 0.0370. The van der Waals surface area contributed by atoms with Gasteiger partial charge in [-0.15, -0.1) is 0 Å². The maximum absolute atomic E-state index is 2.50. The first-order chi connectivity index (χ1) is 26.8. The predicted molar refractivity (Wildman–Crippen MR) is 228 cm³/mol. The molecule has 0 N–H and O–H groups in total. The van der Waals surface area contributed by atoms with Crippen molar-refractivity contribution in [1.82, 2.24) is 0 Å². The van der Waals surface area contributed by atoms with Gasteiger partial charge in [0.25, 0.3) is 0 Å². The van der Waals surface area contributed by atoms with Crippen molar-refractivity contribution in [1.29, 1.82) is 0 Å². The average molecular weight is 685 g/mol. The largest absolute Gasteiger partial charge is 0.0795 e. The van der Waals surface area contributed by atoms with E-state index in [1.54, 1.807) is 0 Å². The van der Waals surface area contributed by atoms with Crippen LogP contribution in [-0.4, -0.2) is 0 Å². The number of benzene rings is 7. The molecule has 0 radical (unpaired) electrons. The lowest BCUT2D eigenvalue weighted by Crippen LogP contribution is -1.98. The van der Waals surface area contributed by atoms with Gasteiger partial charge in [0.1, 0.15) is 0 Å². The molecule has 0 fully saturated rings. The van der Waals surface area contributed by atoms with Gasteiger partial charge in [-0.1, -0.05) is 170 Å². The third kappa shape index (κ3) is 4.84. The van der Waals surface area contributed by atoms with Crippen LogP contribution in [0.2, 0.25) is 0 Å². The van der Waals surface area contributed by atoms with Crippen LogP contribution in [0.25, 0.3) is 62.3 Å². The second-order valence-corrected chi connectivity index (χ2v) is 14.7. The second-order valence-electron chi connectivity index (χ2n) is 14.7. The Labute approximate surface area is 317 Å². The van der Waals surface area contributed by atoms with Crippen LogP contribution in [0.5, 0.6) is 0 Å². The van der Waals surface area contributed by atoms with Crippen molar-refractivity contribution in [2.24, 2.45) is 0 Å². The minimum Gasteiger partial charge on any atom is -0.0795 e. The highest BCUT2D eigenvalue weighted by Crippen LogP contribution is 2.62. The lowest BCUT2D eigenvalue weighted by Gasteiger charge is -2.19. The molecule has 0 aliphatic heterocycles. The second kappa shape index (κ2) is 12.4. The van der Waals surface area contributed by atoms with Gasteiger partial charge in [0, 0.05) is 0 Å². The summed E-state index contributed by atoms with van der Waals surface area (Å²) < 4.78 is 0. The van der Waals surface area contributed by atoms with Crippen LogP contribution in [0.3, 0.4) is 0 Å². The summed E-state index contributed by atoms with van der Waals surface area (Å²) in [6.45, 7) is 0. The van der Waals surface area contributed by atoms with Gasteiger partial charge in [0.2, 0.25) is 0 Å². The quantitative estimate of drug-likeness (QED) is 0.164. The molecular formula is C54H36. The zero-order valence-corrected chi connectivity index (χ0v) is 29.9. The van der Waals surface area contributed by atoms with E-state index in [9.17, 15) is 0 Å². The van der Waals surface area contributed by atoms with Gasteiger partial charge in [-0.2, -0.15) is 0 Å². The van der Waals surface area contributed by atoms with Crippen LogP contribution >= 0.6 is 0 Å². The van der Waals surface area contributed by atoms with Crippen molar-refractivity contribution >= 4 is 40.0 Å². The first-order valence-electron chi connectivity index (χ1n) is 19.0. The van der Waals surface area contributed by atoms with E-state index in [0.717, 1.165) is 12.8 Å². The Balaban J connectivity index is 1.31. The standard InChI is InChI=1S/C54H36/c1-5-15-37(16-6-1)45-33-47-48(34-46(45)38-17-7-2-8-18-38)53-50(40-21-11-4-12-22-40)51(43-29-27-35-23-13-25-41(35)31-43)52(44-30-28-36-24-14-26-42(36)32-44)54(53)49(47)39-19-9-3-10-20-39/h1-22,25-34H,23-24H2. The molecule has 54 heavy (non-hydrogen) atoms. The first kappa shape index (κ1) is 30.8. The zero-order valence-electron chi connectivity index (χ0n) is 29.9. The molecule has 4 aliphatic rings. The van der Waals surface area contributed by atoms with Gasteiger partial charge in [-0.3, -0.25) is 0 Å². The molecule has 252 valence electrons. The van der Waals surface area contributed by atoms with Gasteiger partial charge in [0.05, 0.1) is 0 Å². The number of hydrogen-bond acceptors (Lipinski definition) is 0. The lowest BCUT2D eigenvalue weighted by molar-refractivity contribution is 1.30. The molecule has 0 heteroatoms. The van der Waals surface area contributed by atoms with Crippen LogP contribution in [0, 0.1) is 0 Å². The lowest BCUT2D eigenvalue weighted by atomic mass is 9.84. The van der Waals surface area contributed by atoms with Gasteiger partial charge >= 0.3 is 0 Å². The van der Waals surface area contributed by atoms with Gasteiger partial charge < -0.3 is 0 Å².